The minimum Gasteiger partial charge on any atom is -0.349 e. The summed E-state index contributed by atoms with van der Waals surface area (Å²) in [6.45, 7) is 6.22. The van der Waals surface area contributed by atoms with Crippen LogP contribution in [0.1, 0.15) is 23.1 Å². The Bertz CT molecular complexity index is 357. The quantitative estimate of drug-likeness (QED) is 0.792. The molecule has 1 aromatic heterocycles. The molecule has 1 rings (SSSR count). The Balaban J connectivity index is 2.52. The van der Waals surface area contributed by atoms with E-state index in [1.54, 1.807) is 0 Å². The molecule has 0 aliphatic rings. The predicted molar refractivity (Wildman–Crippen MR) is 63.5 cm³/mol. The minimum absolute atomic E-state index is 0.0999. The molecule has 1 aromatic rings. The molecule has 1 N–H and O–H groups in total. The maximum absolute atomic E-state index is 11.7. The molecule has 5 heteroatoms. The third-order valence-corrected chi connectivity index (χ3v) is 2.36. The Morgan fingerprint density at radius 3 is 2.75 bits per heavy atom. The van der Waals surface area contributed by atoms with Crippen LogP contribution in [0.2, 0.25) is 0 Å². The topological polar surface area (TPSA) is 50.2 Å². The van der Waals surface area contributed by atoms with E-state index in [2.05, 4.69) is 10.4 Å². The summed E-state index contributed by atoms with van der Waals surface area (Å²) in [6.07, 6.45) is 0. The van der Waals surface area contributed by atoms with Crippen LogP contribution in [0.25, 0.3) is 0 Å². The van der Waals surface area contributed by atoms with Crippen molar-refractivity contribution in [1.29, 1.82) is 0 Å². The maximum atomic E-state index is 11.7. The Morgan fingerprint density at radius 2 is 2.25 bits per heavy atom. The number of carbonyl (C=O) groups excluding carboxylic acids is 1. The third-order valence-electron chi connectivity index (χ3n) is 2.36. The van der Waals surface area contributed by atoms with Crippen LogP contribution in [0.4, 0.5) is 0 Å². The molecule has 0 aliphatic heterocycles. The zero-order valence-electron chi connectivity index (χ0n) is 10.4. The first-order valence-corrected chi connectivity index (χ1v) is 5.52. The van der Waals surface area contributed by atoms with Crippen molar-refractivity contribution < 1.29 is 4.79 Å². The van der Waals surface area contributed by atoms with Crippen molar-refractivity contribution in [2.75, 3.05) is 27.2 Å². The maximum Gasteiger partial charge on any atom is 0.271 e. The van der Waals surface area contributed by atoms with Crippen molar-refractivity contribution in [2.45, 2.75) is 20.4 Å². The van der Waals surface area contributed by atoms with Gasteiger partial charge in [-0.05, 0) is 34.0 Å². The van der Waals surface area contributed by atoms with E-state index < -0.39 is 0 Å². The molecule has 0 spiro atoms. The predicted octanol–water partition coefficient (Wildman–Crippen LogP) is 0.503. The average Bonchev–Trinajstić information content (AvgIpc) is 2.59. The van der Waals surface area contributed by atoms with E-state index >= 15 is 0 Å². The first-order valence-electron chi connectivity index (χ1n) is 5.52. The Hall–Kier alpha value is -1.36. The molecular formula is C11H20N4O. The van der Waals surface area contributed by atoms with Gasteiger partial charge >= 0.3 is 0 Å². The molecule has 1 heterocycles. The van der Waals surface area contributed by atoms with Crippen LogP contribution < -0.4 is 5.32 Å². The summed E-state index contributed by atoms with van der Waals surface area (Å²) in [5.41, 5.74) is 1.51. The number of amides is 1. The van der Waals surface area contributed by atoms with E-state index in [1.807, 2.05) is 43.6 Å². The highest BCUT2D eigenvalue weighted by molar-refractivity contribution is 5.92. The normalized spacial score (nSPS) is 10.8. The van der Waals surface area contributed by atoms with Crippen LogP contribution >= 0.6 is 0 Å². The van der Waals surface area contributed by atoms with Gasteiger partial charge in [0.1, 0.15) is 5.69 Å². The SMILES string of the molecule is CCn1nc(C(=O)NCCN(C)C)cc1C. The lowest BCUT2D eigenvalue weighted by Gasteiger charge is -2.09. The minimum atomic E-state index is -0.0999. The van der Waals surface area contributed by atoms with Crippen LogP contribution in [-0.4, -0.2) is 47.8 Å². The number of carbonyl (C=O) groups is 1. The van der Waals surface area contributed by atoms with Gasteiger partial charge in [-0.1, -0.05) is 0 Å². The molecule has 0 unspecified atom stereocenters. The molecule has 5 nitrogen and oxygen atoms in total. The second-order valence-corrected chi connectivity index (χ2v) is 4.05. The fourth-order valence-electron chi connectivity index (χ4n) is 1.42. The van der Waals surface area contributed by atoms with Crippen molar-refractivity contribution in [3.05, 3.63) is 17.5 Å². The van der Waals surface area contributed by atoms with Crippen LogP contribution in [0.5, 0.6) is 0 Å². The number of rotatable bonds is 5. The summed E-state index contributed by atoms with van der Waals surface area (Å²) in [6, 6.07) is 1.81. The number of hydrogen-bond donors (Lipinski definition) is 1. The molecule has 16 heavy (non-hydrogen) atoms. The highest BCUT2D eigenvalue weighted by Crippen LogP contribution is 2.02. The summed E-state index contributed by atoms with van der Waals surface area (Å²) >= 11 is 0. The second kappa shape index (κ2) is 5.65. The number of likely N-dealkylation sites (N-methyl/N-ethyl adjacent to an activating group) is 1. The number of aryl methyl sites for hydroxylation is 2. The number of hydrogen-bond acceptors (Lipinski definition) is 3. The first-order chi connectivity index (χ1) is 7.54. The zero-order valence-corrected chi connectivity index (χ0v) is 10.4. The summed E-state index contributed by atoms with van der Waals surface area (Å²) < 4.78 is 1.82. The van der Waals surface area contributed by atoms with Gasteiger partial charge in [-0.15, -0.1) is 0 Å². The lowest BCUT2D eigenvalue weighted by molar-refractivity contribution is 0.0945. The number of aromatic nitrogens is 2. The van der Waals surface area contributed by atoms with E-state index in [0.717, 1.165) is 18.8 Å². The summed E-state index contributed by atoms with van der Waals surface area (Å²) in [7, 11) is 3.95. The fourth-order valence-corrected chi connectivity index (χ4v) is 1.42. The van der Waals surface area contributed by atoms with Gasteiger partial charge in [0.25, 0.3) is 5.91 Å². The van der Waals surface area contributed by atoms with Gasteiger partial charge in [0.2, 0.25) is 0 Å². The molecule has 0 saturated heterocycles. The van der Waals surface area contributed by atoms with Gasteiger partial charge in [-0.3, -0.25) is 9.48 Å². The largest absolute Gasteiger partial charge is 0.349 e. The van der Waals surface area contributed by atoms with Gasteiger partial charge in [-0.25, -0.2) is 0 Å². The van der Waals surface area contributed by atoms with Crippen molar-refractivity contribution >= 4 is 5.91 Å². The standard InChI is InChI=1S/C11H20N4O/c1-5-15-9(2)8-10(13-15)11(16)12-6-7-14(3)4/h8H,5-7H2,1-4H3,(H,12,16). The Morgan fingerprint density at radius 1 is 1.56 bits per heavy atom. The molecule has 90 valence electrons. The molecule has 0 fully saturated rings. The summed E-state index contributed by atoms with van der Waals surface area (Å²) in [4.78, 5) is 13.7. The van der Waals surface area contributed by atoms with Crippen molar-refractivity contribution in [1.82, 2.24) is 20.0 Å². The van der Waals surface area contributed by atoms with Gasteiger partial charge in [-0.2, -0.15) is 5.10 Å². The smallest absolute Gasteiger partial charge is 0.271 e. The van der Waals surface area contributed by atoms with Crippen molar-refractivity contribution in [3.8, 4) is 0 Å². The van der Waals surface area contributed by atoms with Gasteiger partial charge in [0.15, 0.2) is 0 Å². The average molecular weight is 224 g/mol. The molecule has 0 radical (unpaired) electrons. The highest BCUT2D eigenvalue weighted by atomic mass is 16.1. The highest BCUT2D eigenvalue weighted by Gasteiger charge is 2.10. The Kier molecular flexibility index (Phi) is 4.49. The van der Waals surface area contributed by atoms with E-state index in [4.69, 9.17) is 0 Å². The second-order valence-electron chi connectivity index (χ2n) is 4.05. The van der Waals surface area contributed by atoms with Gasteiger partial charge in [0, 0.05) is 25.3 Å². The van der Waals surface area contributed by atoms with Crippen LogP contribution in [0, 0.1) is 6.92 Å². The first kappa shape index (κ1) is 12.7. The fraction of sp³-hybridized carbons (Fsp3) is 0.636. The number of nitrogens with one attached hydrogen (secondary N) is 1. The summed E-state index contributed by atoms with van der Waals surface area (Å²) in [5.74, 6) is -0.0999. The van der Waals surface area contributed by atoms with Gasteiger partial charge in [0.05, 0.1) is 0 Å². The van der Waals surface area contributed by atoms with E-state index in [9.17, 15) is 4.79 Å². The van der Waals surface area contributed by atoms with Crippen LogP contribution in [0.3, 0.4) is 0 Å². The van der Waals surface area contributed by atoms with E-state index in [-0.39, 0.29) is 5.91 Å². The third kappa shape index (κ3) is 3.34. The van der Waals surface area contributed by atoms with E-state index in [1.165, 1.54) is 0 Å². The molecule has 0 aromatic carbocycles. The molecule has 0 atom stereocenters. The molecule has 1 amide bonds. The van der Waals surface area contributed by atoms with Crippen LogP contribution in [-0.2, 0) is 6.54 Å². The van der Waals surface area contributed by atoms with Crippen molar-refractivity contribution in [2.24, 2.45) is 0 Å². The molecular weight excluding hydrogens is 204 g/mol. The lowest BCUT2D eigenvalue weighted by atomic mass is 10.3. The van der Waals surface area contributed by atoms with E-state index in [0.29, 0.717) is 12.2 Å². The molecule has 0 bridgehead atoms. The Labute approximate surface area is 96.4 Å². The lowest BCUT2D eigenvalue weighted by Crippen LogP contribution is -2.31. The summed E-state index contributed by atoms with van der Waals surface area (Å²) in [5, 5.41) is 7.06. The monoisotopic (exact) mass is 224 g/mol. The van der Waals surface area contributed by atoms with Gasteiger partial charge < -0.3 is 10.2 Å². The van der Waals surface area contributed by atoms with Crippen LogP contribution in [0.15, 0.2) is 6.07 Å². The number of nitrogens with zero attached hydrogens (tertiary/aromatic N) is 3. The van der Waals surface area contributed by atoms with Crippen molar-refractivity contribution in [3.63, 3.8) is 0 Å². The molecule has 0 aliphatic carbocycles. The zero-order chi connectivity index (χ0) is 12.1. The molecule has 0 saturated carbocycles.